The van der Waals surface area contributed by atoms with Crippen molar-refractivity contribution < 1.29 is 9.72 Å². The first-order chi connectivity index (χ1) is 8.88. The SMILES string of the molecule is CC(C)C(CN)NC(=O)c1c(Cl)cccc1[N+](=O)[O-]. The average molecular weight is 286 g/mol. The molecule has 0 aliphatic carbocycles. The van der Waals surface area contributed by atoms with Crippen LogP contribution in [-0.2, 0) is 0 Å². The van der Waals surface area contributed by atoms with Crippen molar-refractivity contribution in [3.05, 3.63) is 38.9 Å². The van der Waals surface area contributed by atoms with Crippen molar-refractivity contribution in [2.75, 3.05) is 6.54 Å². The Morgan fingerprint density at radius 3 is 2.63 bits per heavy atom. The summed E-state index contributed by atoms with van der Waals surface area (Å²) < 4.78 is 0. The molecule has 1 aromatic carbocycles. The second-order valence-electron chi connectivity index (χ2n) is 4.45. The lowest BCUT2D eigenvalue weighted by Crippen LogP contribution is -2.43. The predicted molar refractivity (Wildman–Crippen MR) is 73.3 cm³/mol. The van der Waals surface area contributed by atoms with Gasteiger partial charge in [-0.2, -0.15) is 0 Å². The van der Waals surface area contributed by atoms with Crippen LogP contribution in [0.3, 0.4) is 0 Å². The third kappa shape index (κ3) is 3.65. The molecule has 0 aliphatic heterocycles. The average Bonchev–Trinajstić information content (AvgIpc) is 2.34. The fourth-order valence-corrected chi connectivity index (χ4v) is 1.88. The van der Waals surface area contributed by atoms with Crippen LogP contribution in [0.2, 0.25) is 5.02 Å². The number of halogens is 1. The number of nitro benzene ring substituents is 1. The lowest BCUT2D eigenvalue weighted by Gasteiger charge is -2.20. The van der Waals surface area contributed by atoms with Crippen molar-refractivity contribution in [1.82, 2.24) is 5.32 Å². The molecule has 1 amide bonds. The second-order valence-corrected chi connectivity index (χ2v) is 4.86. The molecule has 104 valence electrons. The number of nitrogens with two attached hydrogens (primary N) is 1. The molecule has 3 N–H and O–H groups in total. The van der Waals surface area contributed by atoms with Gasteiger partial charge in [0.05, 0.1) is 9.95 Å². The molecule has 1 aromatic rings. The molecule has 0 saturated heterocycles. The molecule has 0 heterocycles. The number of rotatable bonds is 5. The fraction of sp³-hybridized carbons (Fsp3) is 0.417. The van der Waals surface area contributed by atoms with E-state index in [1.165, 1.54) is 18.2 Å². The summed E-state index contributed by atoms with van der Waals surface area (Å²) in [7, 11) is 0. The number of nitrogens with one attached hydrogen (secondary N) is 1. The minimum absolute atomic E-state index is 0.0474. The van der Waals surface area contributed by atoms with Gasteiger partial charge >= 0.3 is 0 Å². The van der Waals surface area contributed by atoms with Gasteiger partial charge in [0, 0.05) is 18.7 Å². The standard InChI is InChI=1S/C12H16ClN3O3/c1-7(2)9(6-14)15-12(17)11-8(13)4-3-5-10(11)16(18)19/h3-5,7,9H,6,14H2,1-2H3,(H,15,17). The van der Waals surface area contributed by atoms with Gasteiger partial charge in [-0.3, -0.25) is 14.9 Å². The zero-order chi connectivity index (χ0) is 14.6. The molecule has 0 saturated carbocycles. The van der Waals surface area contributed by atoms with Gasteiger partial charge in [0.25, 0.3) is 11.6 Å². The number of carbonyl (C=O) groups excluding carboxylic acids is 1. The van der Waals surface area contributed by atoms with Crippen LogP contribution in [0.25, 0.3) is 0 Å². The first-order valence-corrected chi connectivity index (χ1v) is 6.20. The molecular formula is C12H16ClN3O3. The van der Waals surface area contributed by atoms with E-state index in [1.807, 2.05) is 13.8 Å². The molecule has 0 aliphatic rings. The van der Waals surface area contributed by atoms with E-state index in [1.54, 1.807) is 0 Å². The van der Waals surface area contributed by atoms with Crippen LogP contribution in [0.15, 0.2) is 18.2 Å². The monoisotopic (exact) mass is 285 g/mol. The lowest BCUT2D eigenvalue weighted by atomic mass is 10.0. The highest BCUT2D eigenvalue weighted by Crippen LogP contribution is 2.26. The smallest absolute Gasteiger partial charge is 0.283 e. The lowest BCUT2D eigenvalue weighted by molar-refractivity contribution is -0.385. The normalized spacial score (nSPS) is 12.3. The van der Waals surface area contributed by atoms with E-state index in [4.69, 9.17) is 17.3 Å². The Morgan fingerprint density at radius 2 is 2.16 bits per heavy atom. The maximum Gasteiger partial charge on any atom is 0.283 e. The minimum Gasteiger partial charge on any atom is -0.348 e. The molecule has 0 bridgehead atoms. The highest BCUT2D eigenvalue weighted by molar-refractivity contribution is 6.34. The molecule has 0 radical (unpaired) electrons. The molecule has 0 fully saturated rings. The van der Waals surface area contributed by atoms with Gasteiger partial charge in [-0.25, -0.2) is 0 Å². The van der Waals surface area contributed by atoms with Gasteiger partial charge < -0.3 is 11.1 Å². The summed E-state index contributed by atoms with van der Waals surface area (Å²) in [6, 6.07) is 3.85. The molecule has 19 heavy (non-hydrogen) atoms. The number of carbonyl (C=O) groups is 1. The summed E-state index contributed by atoms with van der Waals surface area (Å²) in [6.07, 6.45) is 0. The van der Waals surface area contributed by atoms with E-state index in [2.05, 4.69) is 5.32 Å². The Morgan fingerprint density at radius 1 is 1.53 bits per heavy atom. The molecule has 7 heteroatoms. The number of amides is 1. The Bertz CT molecular complexity index is 491. The summed E-state index contributed by atoms with van der Waals surface area (Å²) in [5.41, 5.74) is 5.11. The van der Waals surface area contributed by atoms with Crippen molar-refractivity contribution in [3.63, 3.8) is 0 Å². The van der Waals surface area contributed by atoms with Crippen molar-refractivity contribution in [3.8, 4) is 0 Å². The van der Waals surface area contributed by atoms with E-state index >= 15 is 0 Å². The highest BCUT2D eigenvalue weighted by atomic mass is 35.5. The number of hydrogen-bond donors (Lipinski definition) is 2. The first-order valence-electron chi connectivity index (χ1n) is 5.82. The molecule has 0 spiro atoms. The van der Waals surface area contributed by atoms with Crippen molar-refractivity contribution in [1.29, 1.82) is 0 Å². The second kappa shape index (κ2) is 6.49. The molecular weight excluding hydrogens is 270 g/mol. The first kappa shape index (κ1) is 15.4. The predicted octanol–water partition coefficient (Wildman–Crippen LogP) is 1.96. The molecule has 1 unspecified atom stereocenters. The summed E-state index contributed by atoms with van der Waals surface area (Å²) in [4.78, 5) is 22.4. The van der Waals surface area contributed by atoms with Crippen LogP contribution >= 0.6 is 11.6 Å². The Kier molecular flexibility index (Phi) is 5.26. The van der Waals surface area contributed by atoms with E-state index in [9.17, 15) is 14.9 Å². The van der Waals surface area contributed by atoms with Gasteiger partial charge in [0.1, 0.15) is 5.56 Å². The zero-order valence-corrected chi connectivity index (χ0v) is 11.5. The van der Waals surface area contributed by atoms with E-state index in [-0.39, 0.29) is 34.8 Å². The van der Waals surface area contributed by atoms with Crippen molar-refractivity contribution >= 4 is 23.2 Å². The van der Waals surface area contributed by atoms with Crippen LogP contribution in [0.4, 0.5) is 5.69 Å². The van der Waals surface area contributed by atoms with E-state index < -0.39 is 10.8 Å². The number of benzene rings is 1. The number of hydrogen-bond acceptors (Lipinski definition) is 4. The van der Waals surface area contributed by atoms with Crippen LogP contribution in [0.5, 0.6) is 0 Å². The van der Waals surface area contributed by atoms with Gasteiger partial charge in [-0.05, 0) is 12.0 Å². The summed E-state index contributed by atoms with van der Waals surface area (Å²) in [5.74, 6) is -0.461. The molecule has 1 atom stereocenters. The summed E-state index contributed by atoms with van der Waals surface area (Å²) in [6.45, 7) is 4.05. The van der Waals surface area contributed by atoms with Crippen molar-refractivity contribution in [2.24, 2.45) is 11.7 Å². The van der Waals surface area contributed by atoms with Gasteiger partial charge in [0.2, 0.25) is 0 Å². The van der Waals surface area contributed by atoms with Gasteiger partial charge in [0.15, 0.2) is 0 Å². The maximum absolute atomic E-state index is 12.1. The van der Waals surface area contributed by atoms with Crippen molar-refractivity contribution in [2.45, 2.75) is 19.9 Å². The van der Waals surface area contributed by atoms with Gasteiger partial charge in [-0.15, -0.1) is 0 Å². The van der Waals surface area contributed by atoms with Gasteiger partial charge in [-0.1, -0.05) is 31.5 Å². The topological polar surface area (TPSA) is 98.3 Å². The molecule has 1 rings (SSSR count). The molecule has 0 aromatic heterocycles. The Labute approximate surface area is 116 Å². The van der Waals surface area contributed by atoms with Crippen LogP contribution < -0.4 is 11.1 Å². The number of nitro groups is 1. The quantitative estimate of drug-likeness (QED) is 0.638. The van der Waals surface area contributed by atoms with E-state index in [0.29, 0.717) is 0 Å². The Balaban J connectivity index is 3.09. The summed E-state index contributed by atoms with van der Waals surface area (Å²) in [5, 5.41) is 13.6. The fourth-order valence-electron chi connectivity index (χ4n) is 1.63. The van der Waals surface area contributed by atoms with Crippen LogP contribution in [-0.4, -0.2) is 23.4 Å². The van der Waals surface area contributed by atoms with Crippen LogP contribution in [0.1, 0.15) is 24.2 Å². The zero-order valence-electron chi connectivity index (χ0n) is 10.7. The molecule has 6 nitrogen and oxygen atoms in total. The number of nitrogens with zero attached hydrogens (tertiary/aromatic N) is 1. The highest BCUT2D eigenvalue weighted by Gasteiger charge is 2.25. The maximum atomic E-state index is 12.1. The van der Waals surface area contributed by atoms with Crippen LogP contribution in [0, 0.1) is 16.0 Å². The largest absolute Gasteiger partial charge is 0.348 e. The Hall–Kier alpha value is -1.66. The third-order valence-corrected chi connectivity index (χ3v) is 3.11. The third-order valence-electron chi connectivity index (χ3n) is 2.79. The van der Waals surface area contributed by atoms with E-state index in [0.717, 1.165) is 0 Å². The summed E-state index contributed by atoms with van der Waals surface area (Å²) >= 11 is 5.88. The minimum atomic E-state index is -0.631.